The molecule has 0 aromatic heterocycles. The normalized spacial score (nSPS) is 14.8. The second-order valence-corrected chi connectivity index (χ2v) is 7.97. The maximum absolute atomic E-state index is 8.80. The van der Waals surface area contributed by atoms with Crippen LogP contribution in [0.4, 0.5) is 0 Å². The molecule has 0 rings (SSSR count). The second kappa shape index (κ2) is 5.69. The van der Waals surface area contributed by atoms with E-state index in [1.165, 1.54) is 0 Å². The van der Waals surface area contributed by atoms with Gasteiger partial charge in [0.1, 0.15) is 0 Å². The first-order valence-electron chi connectivity index (χ1n) is 4.33. The third-order valence-electron chi connectivity index (χ3n) is 1.83. The van der Waals surface area contributed by atoms with Crippen molar-refractivity contribution in [2.45, 2.75) is 38.8 Å². The lowest BCUT2D eigenvalue weighted by molar-refractivity contribution is -0.0848. The zero-order valence-corrected chi connectivity index (χ0v) is 9.46. The van der Waals surface area contributed by atoms with Crippen LogP contribution >= 0.6 is 0 Å². The largest absolute Gasteiger partial charge is 0.420 e. The summed E-state index contributed by atoms with van der Waals surface area (Å²) in [5, 5.41) is 8.80. The Labute approximate surface area is 75.8 Å². The second-order valence-electron chi connectivity index (χ2n) is 3.54. The SMILES string of the molecule is CO[Si](C)(C)CCCOC(C)O. The lowest BCUT2D eigenvalue weighted by atomic mass is 10.5. The fraction of sp³-hybridized carbons (Fsp3) is 1.00. The molecule has 1 unspecified atom stereocenters. The van der Waals surface area contributed by atoms with Crippen LogP contribution in [0.1, 0.15) is 13.3 Å². The Morgan fingerprint density at radius 1 is 1.42 bits per heavy atom. The average molecular weight is 192 g/mol. The summed E-state index contributed by atoms with van der Waals surface area (Å²) in [5.41, 5.74) is 0. The first kappa shape index (κ1) is 12.1. The third-order valence-corrected chi connectivity index (χ3v) is 4.50. The molecule has 3 nitrogen and oxygen atoms in total. The first-order valence-corrected chi connectivity index (χ1v) is 7.44. The van der Waals surface area contributed by atoms with Crippen molar-refractivity contribution < 1.29 is 14.3 Å². The van der Waals surface area contributed by atoms with Gasteiger partial charge in [-0.3, -0.25) is 0 Å². The zero-order chi connectivity index (χ0) is 9.61. The van der Waals surface area contributed by atoms with Crippen LogP contribution in [0.3, 0.4) is 0 Å². The predicted octanol–water partition coefficient (Wildman–Crippen LogP) is 1.58. The summed E-state index contributed by atoms with van der Waals surface area (Å²) in [4.78, 5) is 0. The monoisotopic (exact) mass is 192 g/mol. The van der Waals surface area contributed by atoms with Gasteiger partial charge in [-0.05, 0) is 32.5 Å². The van der Waals surface area contributed by atoms with Crippen molar-refractivity contribution in [2.24, 2.45) is 0 Å². The number of aliphatic hydroxyl groups excluding tert-OH is 1. The van der Waals surface area contributed by atoms with E-state index in [2.05, 4.69) is 13.1 Å². The molecule has 0 fully saturated rings. The number of ether oxygens (including phenoxy) is 1. The lowest BCUT2D eigenvalue weighted by Crippen LogP contribution is -2.28. The van der Waals surface area contributed by atoms with Gasteiger partial charge in [0, 0.05) is 13.7 Å². The summed E-state index contributed by atoms with van der Waals surface area (Å²) < 4.78 is 10.4. The molecule has 0 aliphatic carbocycles. The molecule has 74 valence electrons. The highest BCUT2D eigenvalue weighted by Crippen LogP contribution is 2.12. The van der Waals surface area contributed by atoms with Gasteiger partial charge in [0.25, 0.3) is 0 Å². The molecule has 4 heteroatoms. The fourth-order valence-corrected chi connectivity index (χ4v) is 2.05. The molecule has 0 spiro atoms. The maximum atomic E-state index is 8.80. The van der Waals surface area contributed by atoms with Crippen molar-refractivity contribution in [1.29, 1.82) is 0 Å². The van der Waals surface area contributed by atoms with Crippen LogP contribution in [0.5, 0.6) is 0 Å². The minimum absolute atomic E-state index is 0.622. The molecular formula is C8H20O3Si. The molecule has 0 aliphatic heterocycles. The van der Waals surface area contributed by atoms with Gasteiger partial charge in [0.15, 0.2) is 14.6 Å². The van der Waals surface area contributed by atoms with E-state index in [0.717, 1.165) is 12.5 Å². The van der Waals surface area contributed by atoms with Crippen molar-refractivity contribution in [1.82, 2.24) is 0 Å². The van der Waals surface area contributed by atoms with Gasteiger partial charge in [-0.15, -0.1) is 0 Å². The van der Waals surface area contributed by atoms with E-state index in [-0.39, 0.29) is 0 Å². The Morgan fingerprint density at radius 3 is 2.42 bits per heavy atom. The molecule has 0 radical (unpaired) electrons. The fourth-order valence-electron chi connectivity index (χ4n) is 0.854. The van der Waals surface area contributed by atoms with E-state index in [0.29, 0.717) is 6.61 Å². The average Bonchev–Trinajstić information content (AvgIpc) is 1.98. The summed E-state index contributed by atoms with van der Waals surface area (Å²) in [6.07, 6.45) is 0.329. The lowest BCUT2D eigenvalue weighted by Gasteiger charge is -2.19. The highest BCUT2D eigenvalue weighted by atomic mass is 28.4. The van der Waals surface area contributed by atoms with Crippen molar-refractivity contribution in [3.05, 3.63) is 0 Å². The van der Waals surface area contributed by atoms with Crippen LogP contribution in [0.15, 0.2) is 0 Å². The highest BCUT2D eigenvalue weighted by Gasteiger charge is 2.19. The van der Waals surface area contributed by atoms with Crippen molar-refractivity contribution >= 4 is 8.32 Å². The summed E-state index contributed by atoms with van der Waals surface area (Å²) in [6.45, 7) is 6.60. The summed E-state index contributed by atoms with van der Waals surface area (Å²) in [6, 6.07) is 1.08. The van der Waals surface area contributed by atoms with E-state index in [1.807, 2.05) is 0 Å². The van der Waals surface area contributed by atoms with E-state index in [1.54, 1.807) is 14.0 Å². The molecular weight excluding hydrogens is 172 g/mol. The van der Waals surface area contributed by atoms with Gasteiger partial charge in [-0.1, -0.05) is 0 Å². The number of aliphatic hydroxyl groups is 1. The molecule has 1 atom stereocenters. The van der Waals surface area contributed by atoms with Crippen LogP contribution in [0, 0.1) is 0 Å². The van der Waals surface area contributed by atoms with Gasteiger partial charge >= 0.3 is 0 Å². The van der Waals surface area contributed by atoms with Crippen molar-refractivity contribution in [3.63, 3.8) is 0 Å². The topological polar surface area (TPSA) is 38.7 Å². The van der Waals surface area contributed by atoms with Crippen LogP contribution in [-0.4, -0.2) is 33.4 Å². The van der Waals surface area contributed by atoms with Crippen LogP contribution in [-0.2, 0) is 9.16 Å². The molecule has 0 saturated carbocycles. The molecule has 0 aromatic rings. The van der Waals surface area contributed by atoms with Crippen LogP contribution in [0.2, 0.25) is 19.1 Å². The standard InChI is InChI=1S/C8H20O3Si/c1-8(9)11-6-5-7-12(3,4)10-2/h8-9H,5-7H2,1-4H3. The molecule has 1 N–H and O–H groups in total. The van der Waals surface area contributed by atoms with Crippen LogP contribution in [0.25, 0.3) is 0 Å². The van der Waals surface area contributed by atoms with E-state index >= 15 is 0 Å². The number of hydrogen-bond acceptors (Lipinski definition) is 3. The highest BCUT2D eigenvalue weighted by molar-refractivity contribution is 6.71. The quantitative estimate of drug-likeness (QED) is 0.394. The molecule has 0 heterocycles. The van der Waals surface area contributed by atoms with Gasteiger partial charge in [0.05, 0.1) is 0 Å². The number of hydrogen-bond donors (Lipinski definition) is 1. The van der Waals surface area contributed by atoms with E-state index < -0.39 is 14.6 Å². The molecule has 0 saturated heterocycles. The van der Waals surface area contributed by atoms with Gasteiger partial charge in [0.2, 0.25) is 0 Å². The molecule has 0 amide bonds. The Hall–Kier alpha value is 0.0969. The molecule has 0 aromatic carbocycles. The molecule has 0 aliphatic rings. The summed E-state index contributed by atoms with van der Waals surface area (Å²) >= 11 is 0. The minimum atomic E-state index is -1.41. The summed E-state index contributed by atoms with van der Waals surface area (Å²) in [7, 11) is 0.355. The van der Waals surface area contributed by atoms with Gasteiger partial charge in [-0.25, -0.2) is 0 Å². The van der Waals surface area contributed by atoms with Crippen molar-refractivity contribution in [2.75, 3.05) is 13.7 Å². The molecule has 12 heavy (non-hydrogen) atoms. The number of rotatable bonds is 6. The third kappa shape index (κ3) is 6.79. The first-order chi connectivity index (χ1) is 5.48. The Kier molecular flexibility index (Phi) is 5.74. The minimum Gasteiger partial charge on any atom is -0.420 e. The smallest absolute Gasteiger partial charge is 0.186 e. The summed E-state index contributed by atoms with van der Waals surface area (Å²) in [5.74, 6) is 0. The van der Waals surface area contributed by atoms with Crippen molar-refractivity contribution in [3.8, 4) is 0 Å². The Morgan fingerprint density at radius 2 is 2.00 bits per heavy atom. The maximum Gasteiger partial charge on any atom is 0.186 e. The predicted molar refractivity (Wildman–Crippen MR) is 51.5 cm³/mol. The van der Waals surface area contributed by atoms with Gasteiger partial charge < -0.3 is 14.3 Å². The van der Waals surface area contributed by atoms with E-state index in [4.69, 9.17) is 14.3 Å². The Balaban J connectivity index is 3.31. The Bertz CT molecular complexity index is 115. The van der Waals surface area contributed by atoms with Crippen LogP contribution < -0.4 is 0 Å². The van der Waals surface area contributed by atoms with Gasteiger partial charge in [-0.2, -0.15) is 0 Å². The zero-order valence-electron chi connectivity index (χ0n) is 8.46. The molecule has 0 bridgehead atoms. The van der Waals surface area contributed by atoms with E-state index in [9.17, 15) is 0 Å².